The number of hydrogen-bond donors (Lipinski definition) is 1. The molecule has 0 aromatic heterocycles. The normalized spacial score (nSPS) is 29.9. The summed E-state index contributed by atoms with van der Waals surface area (Å²) in [5.41, 5.74) is -0.566. The van der Waals surface area contributed by atoms with E-state index in [1.54, 1.807) is 0 Å². The summed E-state index contributed by atoms with van der Waals surface area (Å²) in [6.07, 6.45) is 3.06. The number of amides is 1. The van der Waals surface area contributed by atoms with Gasteiger partial charge in [-0.15, -0.1) is 0 Å². The van der Waals surface area contributed by atoms with Crippen molar-refractivity contribution >= 4 is 35.1 Å². The van der Waals surface area contributed by atoms with E-state index in [1.165, 1.54) is 23.1 Å². The van der Waals surface area contributed by atoms with Crippen LogP contribution < -0.4 is 0 Å². The van der Waals surface area contributed by atoms with E-state index in [0.29, 0.717) is 28.8 Å². The minimum absolute atomic E-state index is 0.00372. The quantitative estimate of drug-likeness (QED) is 0.857. The Kier molecular flexibility index (Phi) is 4.78. The van der Waals surface area contributed by atoms with Crippen LogP contribution in [0.1, 0.15) is 43.0 Å². The molecule has 1 N–H and O–H groups in total. The summed E-state index contributed by atoms with van der Waals surface area (Å²) in [5, 5.41) is 10.2. The van der Waals surface area contributed by atoms with Crippen LogP contribution in [0.25, 0.3) is 0 Å². The van der Waals surface area contributed by atoms with Crippen LogP contribution in [0, 0.1) is 5.92 Å². The van der Waals surface area contributed by atoms with Crippen LogP contribution in [0.4, 0.5) is 0 Å². The van der Waals surface area contributed by atoms with Gasteiger partial charge in [-0.25, -0.2) is 4.79 Å². The molecule has 1 saturated carbocycles. The molecule has 24 heavy (non-hydrogen) atoms. The summed E-state index contributed by atoms with van der Waals surface area (Å²) in [7, 11) is 0. The number of halogens is 2. The smallest absolute Gasteiger partial charge is 0.328 e. The molecule has 1 aromatic rings. The van der Waals surface area contributed by atoms with Crippen LogP contribution >= 0.6 is 23.2 Å². The van der Waals surface area contributed by atoms with E-state index in [2.05, 4.69) is 6.92 Å². The van der Waals surface area contributed by atoms with Crippen molar-refractivity contribution in [3.8, 4) is 0 Å². The lowest BCUT2D eigenvalue weighted by atomic mass is 9.83. The first-order valence-corrected chi connectivity index (χ1v) is 8.74. The predicted octanol–water partition coefficient (Wildman–Crippen LogP) is 3.83. The van der Waals surface area contributed by atoms with Crippen molar-refractivity contribution in [2.75, 3.05) is 6.61 Å². The van der Waals surface area contributed by atoms with E-state index in [1.807, 2.05) is 0 Å². The predicted molar refractivity (Wildman–Crippen MR) is 90.4 cm³/mol. The molecule has 1 atom stereocenters. The van der Waals surface area contributed by atoms with Gasteiger partial charge in [0.15, 0.2) is 6.04 Å². The van der Waals surface area contributed by atoms with Crippen molar-refractivity contribution in [1.82, 2.24) is 4.90 Å². The van der Waals surface area contributed by atoms with Crippen molar-refractivity contribution < 1.29 is 19.4 Å². The van der Waals surface area contributed by atoms with Crippen LogP contribution in [0.15, 0.2) is 18.2 Å². The third-order valence-corrected chi connectivity index (χ3v) is 5.37. The molecule has 1 aliphatic heterocycles. The number of rotatable bonds is 2. The van der Waals surface area contributed by atoms with Gasteiger partial charge < -0.3 is 9.84 Å². The average molecular weight is 372 g/mol. The highest BCUT2D eigenvalue weighted by Crippen LogP contribution is 2.43. The number of hydrogen-bond acceptors (Lipinski definition) is 3. The fourth-order valence-electron chi connectivity index (χ4n) is 3.59. The molecule has 1 heterocycles. The second kappa shape index (κ2) is 6.54. The van der Waals surface area contributed by atoms with Gasteiger partial charge in [-0.2, -0.15) is 0 Å². The third kappa shape index (κ3) is 3.13. The first kappa shape index (κ1) is 17.5. The van der Waals surface area contributed by atoms with Crippen molar-refractivity contribution in [3.63, 3.8) is 0 Å². The minimum atomic E-state index is -1.06. The average Bonchev–Trinajstić information content (AvgIpc) is 2.88. The summed E-state index contributed by atoms with van der Waals surface area (Å²) in [6, 6.07) is 3.55. The van der Waals surface area contributed by atoms with Gasteiger partial charge in [0, 0.05) is 15.6 Å². The summed E-state index contributed by atoms with van der Waals surface area (Å²) < 4.78 is 5.88. The number of nitrogens with zero attached hydrogens (tertiary/aromatic N) is 1. The first-order valence-electron chi connectivity index (χ1n) is 7.99. The molecule has 1 aromatic carbocycles. The monoisotopic (exact) mass is 371 g/mol. The van der Waals surface area contributed by atoms with E-state index in [9.17, 15) is 14.7 Å². The zero-order valence-corrected chi connectivity index (χ0v) is 14.8. The van der Waals surface area contributed by atoms with Gasteiger partial charge in [0.05, 0.1) is 6.61 Å². The lowest BCUT2D eigenvalue weighted by Crippen LogP contribution is -2.55. The number of carbonyl (C=O) groups is 2. The van der Waals surface area contributed by atoms with Crippen molar-refractivity contribution in [2.45, 2.75) is 44.4 Å². The summed E-state index contributed by atoms with van der Waals surface area (Å²) >= 11 is 12.0. The second-order valence-electron chi connectivity index (χ2n) is 6.63. The Balaban J connectivity index is 1.98. The Morgan fingerprint density at radius 3 is 2.33 bits per heavy atom. The molecule has 5 nitrogen and oxygen atoms in total. The van der Waals surface area contributed by atoms with Crippen molar-refractivity contribution in [2.24, 2.45) is 5.92 Å². The highest BCUT2D eigenvalue weighted by atomic mass is 35.5. The maximum Gasteiger partial charge on any atom is 0.328 e. The number of benzene rings is 1. The fourth-order valence-corrected chi connectivity index (χ4v) is 4.11. The molecule has 7 heteroatoms. The Morgan fingerprint density at radius 1 is 1.21 bits per heavy atom. The highest BCUT2D eigenvalue weighted by Gasteiger charge is 2.53. The molecule has 0 bridgehead atoms. The molecule has 1 amide bonds. The second-order valence-corrected chi connectivity index (χ2v) is 7.50. The van der Waals surface area contributed by atoms with E-state index < -0.39 is 23.6 Å². The molecule has 1 aliphatic carbocycles. The fraction of sp³-hybridized carbons (Fsp3) is 0.529. The van der Waals surface area contributed by atoms with Gasteiger partial charge in [0.1, 0.15) is 5.72 Å². The number of carboxylic acids is 1. The van der Waals surface area contributed by atoms with Crippen molar-refractivity contribution in [1.29, 1.82) is 0 Å². The zero-order chi connectivity index (χ0) is 17.5. The maximum absolute atomic E-state index is 13.1. The van der Waals surface area contributed by atoms with Gasteiger partial charge in [-0.05, 0) is 49.8 Å². The number of carboxylic acid groups (broad SMARTS) is 1. The summed E-state index contributed by atoms with van der Waals surface area (Å²) in [4.78, 5) is 26.1. The van der Waals surface area contributed by atoms with Crippen LogP contribution in [0.3, 0.4) is 0 Å². The Hall–Kier alpha value is -1.30. The topological polar surface area (TPSA) is 66.8 Å². The highest BCUT2D eigenvalue weighted by molar-refractivity contribution is 6.35. The number of ether oxygens (including phenoxy) is 1. The number of aliphatic carboxylic acids is 1. The van der Waals surface area contributed by atoms with E-state index in [-0.39, 0.29) is 12.2 Å². The summed E-state index contributed by atoms with van der Waals surface area (Å²) in [5.74, 6) is -0.925. The Labute approximate surface area is 150 Å². The van der Waals surface area contributed by atoms with E-state index in [4.69, 9.17) is 27.9 Å². The van der Waals surface area contributed by atoms with E-state index in [0.717, 1.165) is 12.8 Å². The standard InChI is InChI=1S/C17H19Cl2NO4/c1-10-2-4-17(5-3-10)20(14(9-24-17)16(22)23)15(21)11-6-12(18)8-13(19)7-11/h6-8,10,14H,2-5,9H2,1H3,(H,22,23). The molecule has 130 valence electrons. The lowest BCUT2D eigenvalue weighted by molar-refractivity contribution is -0.143. The van der Waals surface area contributed by atoms with Crippen LogP contribution in [0.2, 0.25) is 10.0 Å². The zero-order valence-electron chi connectivity index (χ0n) is 13.3. The van der Waals surface area contributed by atoms with Gasteiger partial charge in [0.2, 0.25) is 0 Å². The Bertz CT molecular complexity index is 650. The molecule has 1 unspecified atom stereocenters. The number of carbonyl (C=O) groups excluding carboxylic acids is 1. The molecular formula is C17H19Cl2NO4. The molecule has 1 spiro atoms. The van der Waals surface area contributed by atoms with E-state index >= 15 is 0 Å². The SMILES string of the molecule is CC1CCC2(CC1)OCC(C(=O)O)N2C(=O)c1cc(Cl)cc(Cl)c1. The molecule has 3 rings (SSSR count). The largest absolute Gasteiger partial charge is 0.480 e. The van der Waals surface area contributed by atoms with Crippen LogP contribution in [-0.2, 0) is 9.53 Å². The third-order valence-electron chi connectivity index (χ3n) is 4.93. The lowest BCUT2D eigenvalue weighted by Gasteiger charge is -2.42. The van der Waals surface area contributed by atoms with Gasteiger partial charge >= 0.3 is 5.97 Å². The first-order chi connectivity index (χ1) is 11.3. The van der Waals surface area contributed by atoms with Crippen molar-refractivity contribution in [3.05, 3.63) is 33.8 Å². The minimum Gasteiger partial charge on any atom is -0.480 e. The van der Waals surface area contributed by atoms with Gasteiger partial charge in [-0.1, -0.05) is 30.1 Å². The molecule has 2 aliphatic rings. The maximum atomic E-state index is 13.1. The van der Waals surface area contributed by atoms with Gasteiger partial charge in [-0.3, -0.25) is 9.69 Å². The molecule has 0 radical (unpaired) electrons. The molecule has 1 saturated heterocycles. The molecular weight excluding hydrogens is 353 g/mol. The molecule has 2 fully saturated rings. The van der Waals surface area contributed by atoms with Crippen LogP contribution in [-0.4, -0.2) is 40.3 Å². The van der Waals surface area contributed by atoms with Gasteiger partial charge in [0.25, 0.3) is 5.91 Å². The summed E-state index contributed by atoms with van der Waals surface area (Å²) in [6.45, 7) is 2.16. The van der Waals surface area contributed by atoms with Crippen LogP contribution in [0.5, 0.6) is 0 Å². The Morgan fingerprint density at radius 2 is 1.79 bits per heavy atom.